The average molecular weight is 180 g/mol. The molecule has 0 saturated heterocycles. The predicted molar refractivity (Wildman–Crippen MR) is 51.8 cm³/mol. The van der Waals surface area contributed by atoms with Crippen LogP contribution in [0.5, 0.6) is 11.5 Å². The van der Waals surface area contributed by atoms with Crippen molar-refractivity contribution >= 4 is 0 Å². The van der Waals surface area contributed by atoms with Gasteiger partial charge in [-0.25, -0.2) is 0 Å². The van der Waals surface area contributed by atoms with E-state index in [1.165, 1.54) is 0 Å². The van der Waals surface area contributed by atoms with Crippen LogP contribution in [0.3, 0.4) is 0 Å². The highest BCUT2D eigenvalue weighted by molar-refractivity contribution is 5.39. The standard InChI is InChI=1S/C10H14NO2/c1-7(11)8-4-9(12-2)6-10(5-8)13-3/h4-7H,1,11H2,2-3H3. The summed E-state index contributed by atoms with van der Waals surface area (Å²) in [5.41, 5.74) is 6.54. The van der Waals surface area contributed by atoms with Crippen LogP contribution in [0.1, 0.15) is 11.6 Å². The molecule has 0 aliphatic carbocycles. The first-order valence-corrected chi connectivity index (χ1v) is 3.99. The van der Waals surface area contributed by atoms with Gasteiger partial charge in [0.15, 0.2) is 0 Å². The molecule has 0 bridgehead atoms. The Labute approximate surface area is 78.5 Å². The zero-order chi connectivity index (χ0) is 9.84. The van der Waals surface area contributed by atoms with Gasteiger partial charge in [-0.15, -0.1) is 0 Å². The van der Waals surface area contributed by atoms with Crippen LogP contribution in [0.4, 0.5) is 0 Å². The molecule has 1 atom stereocenters. The van der Waals surface area contributed by atoms with Crippen LogP contribution < -0.4 is 15.2 Å². The molecule has 0 fully saturated rings. The third kappa shape index (κ3) is 2.36. The maximum absolute atomic E-state index is 5.64. The summed E-state index contributed by atoms with van der Waals surface area (Å²) < 4.78 is 10.2. The van der Waals surface area contributed by atoms with Crippen LogP contribution in [0.25, 0.3) is 0 Å². The van der Waals surface area contributed by atoms with E-state index in [0.29, 0.717) is 0 Å². The number of hydrogen-bond donors (Lipinski definition) is 1. The summed E-state index contributed by atoms with van der Waals surface area (Å²) in [7, 11) is 3.21. The number of methoxy groups -OCH3 is 2. The van der Waals surface area contributed by atoms with E-state index < -0.39 is 0 Å². The molecule has 3 nitrogen and oxygen atoms in total. The van der Waals surface area contributed by atoms with Crippen molar-refractivity contribution in [1.82, 2.24) is 0 Å². The lowest BCUT2D eigenvalue weighted by molar-refractivity contribution is 0.393. The molecular weight excluding hydrogens is 166 g/mol. The maximum atomic E-state index is 5.64. The molecular formula is C10H14NO2. The molecule has 71 valence electrons. The smallest absolute Gasteiger partial charge is 0.122 e. The Kier molecular flexibility index (Phi) is 3.14. The molecule has 1 radical (unpaired) electrons. The zero-order valence-corrected chi connectivity index (χ0v) is 7.91. The summed E-state index contributed by atoms with van der Waals surface area (Å²) in [5, 5.41) is 0. The van der Waals surface area contributed by atoms with Crippen LogP contribution in [0, 0.1) is 6.92 Å². The summed E-state index contributed by atoms with van der Waals surface area (Å²) in [5.74, 6) is 1.46. The summed E-state index contributed by atoms with van der Waals surface area (Å²) in [6.45, 7) is 3.73. The van der Waals surface area contributed by atoms with E-state index in [4.69, 9.17) is 15.2 Å². The van der Waals surface area contributed by atoms with Crippen molar-refractivity contribution in [3.05, 3.63) is 30.7 Å². The maximum Gasteiger partial charge on any atom is 0.122 e. The molecule has 13 heavy (non-hydrogen) atoms. The molecule has 2 N–H and O–H groups in total. The van der Waals surface area contributed by atoms with Gasteiger partial charge in [-0.1, -0.05) is 0 Å². The quantitative estimate of drug-likeness (QED) is 0.767. The Hall–Kier alpha value is -1.22. The molecule has 0 spiro atoms. The van der Waals surface area contributed by atoms with Crippen LogP contribution in [0.2, 0.25) is 0 Å². The van der Waals surface area contributed by atoms with Crippen molar-refractivity contribution < 1.29 is 9.47 Å². The van der Waals surface area contributed by atoms with Crippen molar-refractivity contribution in [3.63, 3.8) is 0 Å². The zero-order valence-electron chi connectivity index (χ0n) is 7.91. The van der Waals surface area contributed by atoms with Gasteiger partial charge in [0.2, 0.25) is 0 Å². The first-order valence-electron chi connectivity index (χ1n) is 3.99. The molecule has 0 saturated carbocycles. The topological polar surface area (TPSA) is 44.5 Å². The molecule has 0 heterocycles. The summed E-state index contributed by atoms with van der Waals surface area (Å²) in [4.78, 5) is 0. The van der Waals surface area contributed by atoms with Gasteiger partial charge in [0.25, 0.3) is 0 Å². The molecule has 1 aromatic rings. The number of hydrogen-bond acceptors (Lipinski definition) is 3. The lowest BCUT2D eigenvalue weighted by atomic mass is 10.1. The van der Waals surface area contributed by atoms with Crippen LogP contribution in [0.15, 0.2) is 18.2 Å². The third-order valence-electron chi connectivity index (χ3n) is 1.80. The van der Waals surface area contributed by atoms with Crippen molar-refractivity contribution in [2.45, 2.75) is 6.04 Å². The minimum atomic E-state index is -0.260. The highest BCUT2D eigenvalue weighted by Gasteiger charge is 2.04. The van der Waals surface area contributed by atoms with E-state index in [1.54, 1.807) is 20.3 Å². The second-order valence-electron chi connectivity index (χ2n) is 2.75. The molecule has 0 aliphatic rings. The van der Waals surface area contributed by atoms with Crippen LogP contribution in [-0.2, 0) is 0 Å². The fraction of sp³-hybridized carbons (Fsp3) is 0.300. The highest BCUT2D eigenvalue weighted by atomic mass is 16.5. The highest BCUT2D eigenvalue weighted by Crippen LogP contribution is 2.24. The molecule has 0 aromatic heterocycles. The van der Waals surface area contributed by atoms with Gasteiger partial charge in [-0.3, -0.25) is 0 Å². The third-order valence-corrected chi connectivity index (χ3v) is 1.80. The Bertz CT molecular complexity index is 262. The van der Waals surface area contributed by atoms with Gasteiger partial charge in [0, 0.05) is 12.1 Å². The average Bonchev–Trinajstić information content (AvgIpc) is 2.16. The lowest BCUT2D eigenvalue weighted by Crippen LogP contribution is -2.05. The van der Waals surface area contributed by atoms with E-state index in [0.717, 1.165) is 17.1 Å². The van der Waals surface area contributed by atoms with Gasteiger partial charge >= 0.3 is 0 Å². The van der Waals surface area contributed by atoms with Crippen molar-refractivity contribution in [3.8, 4) is 11.5 Å². The summed E-state index contributed by atoms with van der Waals surface area (Å²) in [6.07, 6.45) is 0. The van der Waals surface area contributed by atoms with Gasteiger partial charge in [0.1, 0.15) is 11.5 Å². The van der Waals surface area contributed by atoms with Crippen molar-refractivity contribution in [2.75, 3.05) is 14.2 Å². The Morgan fingerprint density at radius 1 is 1.15 bits per heavy atom. The lowest BCUT2D eigenvalue weighted by Gasteiger charge is -2.10. The normalized spacial score (nSPS) is 12.3. The molecule has 1 aromatic carbocycles. The Morgan fingerprint density at radius 3 is 1.92 bits per heavy atom. The van der Waals surface area contributed by atoms with E-state index in [-0.39, 0.29) is 6.04 Å². The van der Waals surface area contributed by atoms with E-state index >= 15 is 0 Å². The fourth-order valence-corrected chi connectivity index (χ4v) is 1.04. The number of nitrogens with two attached hydrogens (primary N) is 1. The summed E-state index contributed by atoms with van der Waals surface area (Å²) in [6, 6.07) is 5.23. The van der Waals surface area contributed by atoms with E-state index in [2.05, 4.69) is 6.92 Å². The number of rotatable bonds is 3. The van der Waals surface area contributed by atoms with Gasteiger partial charge in [-0.05, 0) is 24.6 Å². The second kappa shape index (κ2) is 4.14. The minimum absolute atomic E-state index is 0.260. The SMILES string of the molecule is [CH2]C(N)c1cc(OC)cc(OC)c1. The first-order chi connectivity index (χ1) is 6.17. The monoisotopic (exact) mass is 180 g/mol. The fourth-order valence-electron chi connectivity index (χ4n) is 1.04. The van der Waals surface area contributed by atoms with Gasteiger partial charge in [0.05, 0.1) is 14.2 Å². The minimum Gasteiger partial charge on any atom is -0.497 e. The van der Waals surface area contributed by atoms with E-state index in [9.17, 15) is 0 Å². The Morgan fingerprint density at radius 2 is 1.62 bits per heavy atom. The van der Waals surface area contributed by atoms with E-state index in [1.807, 2.05) is 12.1 Å². The van der Waals surface area contributed by atoms with Crippen molar-refractivity contribution in [1.29, 1.82) is 0 Å². The molecule has 0 aliphatic heterocycles. The molecule has 1 unspecified atom stereocenters. The second-order valence-corrected chi connectivity index (χ2v) is 2.75. The largest absolute Gasteiger partial charge is 0.497 e. The number of benzene rings is 1. The van der Waals surface area contributed by atoms with Crippen LogP contribution >= 0.6 is 0 Å². The summed E-state index contributed by atoms with van der Waals surface area (Å²) >= 11 is 0. The Balaban J connectivity index is 3.07. The molecule has 0 amide bonds. The van der Waals surface area contributed by atoms with Crippen LogP contribution in [-0.4, -0.2) is 14.2 Å². The van der Waals surface area contributed by atoms with Crippen molar-refractivity contribution in [2.24, 2.45) is 5.73 Å². The molecule has 1 rings (SSSR count). The first kappa shape index (κ1) is 9.86. The number of ether oxygens (including phenoxy) is 2. The molecule has 3 heteroatoms. The van der Waals surface area contributed by atoms with Gasteiger partial charge < -0.3 is 15.2 Å². The predicted octanol–water partition coefficient (Wildman–Crippen LogP) is 1.54. The van der Waals surface area contributed by atoms with Gasteiger partial charge in [-0.2, -0.15) is 0 Å².